The number of ether oxygens (including phenoxy) is 3. The van der Waals surface area contributed by atoms with Crippen molar-refractivity contribution in [1.82, 2.24) is 0 Å². The van der Waals surface area contributed by atoms with Crippen LogP contribution in [0.4, 0.5) is 70.2 Å². The molecule has 54 heavy (non-hydrogen) atoms. The Morgan fingerprint density at radius 1 is 0.722 bits per heavy atom. The number of hydrogen-bond donors (Lipinski definition) is 2. The number of carbonyl (C=O) groups excluding carboxylic acids is 2. The lowest BCUT2D eigenvalue weighted by Crippen LogP contribution is -2.82. The van der Waals surface area contributed by atoms with Crippen molar-refractivity contribution in [1.29, 1.82) is 0 Å². The molecular formula is C31H42F16O7. The largest absolute Gasteiger partial charge is 0.462 e. The number of halogens is 16. The molecule has 4 atom stereocenters. The average molecular weight is 831 g/mol. The molecule has 1 aliphatic carbocycles. The summed E-state index contributed by atoms with van der Waals surface area (Å²) in [7, 11) is 0. The zero-order valence-electron chi connectivity index (χ0n) is 29.9. The van der Waals surface area contributed by atoms with E-state index in [1.54, 1.807) is 6.92 Å². The van der Waals surface area contributed by atoms with Crippen LogP contribution >= 0.6 is 0 Å². The molecule has 7 nitrogen and oxygen atoms in total. The van der Waals surface area contributed by atoms with Crippen LogP contribution in [-0.4, -0.2) is 87.9 Å². The number of alkyl halides is 16. The van der Waals surface area contributed by atoms with Gasteiger partial charge < -0.3 is 24.4 Å². The van der Waals surface area contributed by atoms with E-state index < -0.39 is 108 Å². The molecule has 1 saturated carbocycles. The Morgan fingerprint density at radius 3 is 1.48 bits per heavy atom. The summed E-state index contributed by atoms with van der Waals surface area (Å²) in [6.45, 7) is 7.23. The summed E-state index contributed by atoms with van der Waals surface area (Å²) < 4.78 is 226. The number of esters is 2. The predicted octanol–water partition coefficient (Wildman–Crippen LogP) is 9.37. The topological polar surface area (TPSA) is 102 Å². The molecule has 23 heteroatoms. The minimum atomic E-state index is -6.66. The summed E-state index contributed by atoms with van der Waals surface area (Å²) in [5.74, 6) is -21.5. The molecule has 0 radical (unpaired) electrons. The maximum Gasteiger partial charge on any atom is 0.449 e. The summed E-state index contributed by atoms with van der Waals surface area (Å²) in [5.41, 5.74) is -13.0. The van der Waals surface area contributed by atoms with Crippen LogP contribution in [-0.2, 0) is 23.8 Å². The third kappa shape index (κ3) is 9.28. The van der Waals surface area contributed by atoms with Gasteiger partial charge in [0.2, 0.25) is 11.7 Å². The fourth-order valence-corrected chi connectivity index (χ4v) is 5.07. The van der Waals surface area contributed by atoms with Crippen molar-refractivity contribution in [3.8, 4) is 0 Å². The Labute approximate surface area is 299 Å². The van der Waals surface area contributed by atoms with Crippen molar-refractivity contribution in [3.63, 3.8) is 0 Å². The number of hydrogen-bond acceptors (Lipinski definition) is 7. The second kappa shape index (κ2) is 15.6. The highest BCUT2D eigenvalue weighted by molar-refractivity contribution is 5.76. The van der Waals surface area contributed by atoms with Crippen LogP contribution < -0.4 is 0 Å². The summed E-state index contributed by atoms with van der Waals surface area (Å²) in [4.78, 5) is 24.2. The lowest BCUT2D eigenvalue weighted by atomic mass is 9.80. The van der Waals surface area contributed by atoms with Gasteiger partial charge >= 0.3 is 54.3 Å². The van der Waals surface area contributed by atoms with Crippen molar-refractivity contribution >= 4 is 11.9 Å². The van der Waals surface area contributed by atoms with Crippen molar-refractivity contribution in [2.75, 3.05) is 0 Å². The molecule has 4 unspecified atom stereocenters. The maximum atomic E-state index is 14.4. The molecule has 0 amide bonds. The molecule has 0 aromatic rings. The molecule has 0 bridgehead atoms. The summed E-state index contributed by atoms with van der Waals surface area (Å²) >= 11 is 0. The molecule has 0 aromatic heterocycles. The first-order chi connectivity index (χ1) is 23.7. The lowest BCUT2D eigenvalue weighted by Gasteiger charge is -2.54. The van der Waals surface area contributed by atoms with Crippen LogP contribution in [0.25, 0.3) is 0 Å². The molecule has 2 fully saturated rings. The average Bonchev–Trinajstić information content (AvgIpc) is 3.00. The number of carbonyl (C=O) groups is 2. The van der Waals surface area contributed by atoms with E-state index in [4.69, 9.17) is 4.74 Å². The van der Waals surface area contributed by atoms with Crippen LogP contribution in [0.15, 0.2) is 0 Å². The molecule has 320 valence electrons. The van der Waals surface area contributed by atoms with E-state index in [9.17, 15) is 90.0 Å². The summed E-state index contributed by atoms with van der Waals surface area (Å²) in [6, 6.07) is 0. The smallest absolute Gasteiger partial charge is 0.449 e. The highest BCUT2D eigenvalue weighted by atomic mass is 19.4. The quantitative estimate of drug-likeness (QED) is 0.177. The standard InChI is InChI=1S/C17H26F6O3.C14H16F10O4/c1-4-14(2,3)13(24)26-12(11-8-6-5-7-9-11)10-15(25,16(18,19)20)17(21,22)23;1-5-8(2,3)7(25)27-6-10(15,16)9(4,13(19,20)21)28-12(26,11(6,17)18)14(22,23)24/h11-12,25H,4-10H2,1-3H3;6,26H,5H2,1-4H3. The van der Waals surface area contributed by atoms with E-state index in [0.717, 1.165) is 20.3 Å². The van der Waals surface area contributed by atoms with Gasteiger partial charge in [0.15, 0.2) is 0 Å². The highest BCUT2D eigenvalue weighted by Gasteiger charge is 2.90. The maximum absolute atomic E-state index is 14.4. The third-order valence-electron chi connectivity index (χ3n) is 9.99. The van der Waals surface area contributed by atoms with E-state index in [-0.39, 0.29) is 6.42 Å². The molecule has 0 spiro atoms. The zero-order chi connectivity index (χ0) is 43.2. The number of rotatable bonds is 9. The van der Waals surface area contributed by atoms with Crippen molar-refractivity contribution in [2.24, 2.45) is 16.7 Å². The molecule has 1 saturated heterocycles. The van der Waals surface area contributed by atoms with Crippen molar-refractivity contribution in [3.05, 3.63) is 0 Å². The predicted molar refractivity (Wildman–Crippen MR) is 153 cm³/mol. The Bertz CT molecular complexity index is 1250. The first-order valence-electron chi connectivity index (χ1n) is 16.3. The van der Waals surface area contributed by atoms with E-state index >= 15 is 0 Å². The molecule has 0 aromatic carbocycles. The normalized spacial score (nSPS) is 26.6. The first-order valence-corrected chi connectivity index (χ1v) is 16.3. The Balaban J connectivity index is 0.000000541. The van der Waals surface area contributed by atoms with E-state index in [0.29, 0.717) is 32.1 Å². The lowest BCUT2D eigenvalue weighted by molar-refractivity contribution is -0.537. The van der Waals surface area contributed by atoms with Gasteiger partial charge in [-0.15, -0.1) is 0 Å². The molecule has 1 heterocycles. The Hall–Kier alpha value is -2.30. The van der Waals surface area contributed by atoms with Crippen molar-refractivity contribution in [2.45, 2.75) is 166 Å². The van der Waals surface area contributed by atoms with Crippen LogP contribution in [0, 0.1) is 16.7 Å². The SMILES string of the molecule is CCC(C)(C)C(=O)OC(CC(O)(C(F)(F)F)C(F)(F)F)C1CCCCC1.CCC(C)(C)C(=O)OC1C(F)(F)C(C)(C(F)(F)F)OC(O)(C(F)(F)F)C1(F)F. The second-order valence-corrected chi connectivity index (χ2v) is 14.7. The van der Waals surface area contributed by atoms with Gasteiger partial charge in [0.05, 0.1) is 10.8 Å². The van der Waals surface area contributed by atoms with E-state index in [2.05, 4.69) is 9.47 Å². The van der Waals surface area contributed by atoms with Gasteiger partial charge in [-0.3, -0.25) is 9.59 Å². The van der Waals surface area contributed by atoms with Gasteiger partial charge in [-0.05, 0) is 66.2 Å². The molecule has 1 aliphatic heterocycles. The van der Waals surface area contributed by atoms with E-state index in [1.165, 1.54) is 20.8 Å². The third-order valence-corrected chi connectivity index (χ3v) is 9.99. The Morgan fingerprint density at radius 2 is 1.13 bits per heavy atom. The van der Waals surface area contributed by atoms with Gasteiger partial charge in [-0.1, -0.05) is 33.1 Å². The van der Waals surface area contributed by atoms with Crippen molar-refractivity contribution < 1.29 is 104 Å². The van der Waals surface area contributed by atoms with Crippen LogP contribution in [0.3, 0.4) is 0 Å². The van der Waals surface area contributed by atoms with Gasteiger partial charge in [0.1, 0.15) is 6.10 Å². The summed E-state index contributed by atoms with van der Waals surface area (Å²) in [6.07, 6.45) is -30.1. The van der Waals surface area contributed by atoms with Gasteiger partial charge in [-0.25, -0.2) is 0 Å². The van der Waals surface area contributed by atoms with Crippen LogP contribution in [0.2, 0.25) is 0 Å². The monoisotopic (exact) mass is 830 g/mol. The second-order valence-electron chi connectivity index (χ2n) is 14.7. The highest BCUT2D eigenvalue weighted by Crippen LogP contribution is 2.62. The Kier molecular flexibility index (Phi) is 14.3. The van der Waals surface area contributed by atoms with E-state index in [1.807, 2.05) is 0 Å². The zero-order valence-corrected chi connectivity index (χ0v) is 29.9. The fourth-order valence-electron chi connectivity index (χ4n) is 5.07. The molecule has 2 rings (SSSR count). The molecule has 2 aliphatic rings. The minimum absolute atomic E-state index is 0.244. The fraction of sp³-hybridized carbons (Fsp3) is 0.935. The van der Waals surface area contributed by atoms with Gasteiger partial charge in [0.25, 0.3) is 5.60 Å². The van der Waals surface area contributed by atoms with Crippen LogP contribution in [0.5, 0.6) is 0 Å². The van der Waals surface area contributed by atoms with Gasteiger partial charge in [0, 0.05) is 6.42 Å². The molecular weight excluding hydrogens is 788 g/mol. The van der Waals surface area contributed by atoms with Gasteiger partial charge in [-0.2, -0.15) is 70.2 Å². The van der Waals surface area contributed by atoms with Crippen LogP contribution in [0.1, 0.15) is 99.8 Å². The molecule has 2 N–H and O–H groups in total. The first kappa shape index (κ1) is 49.7. The number of aliphatic hydroxyl groups is 2. The summed E-state index contributed by atoms with van der Waals surface area (Å²) in [5, 5.41) is 18.8. The minimum Gasteiger partial charge on any atom is -0.462 e.